The van der Waals surface area contributed by atoms with E-state index in [0.717, 1.165) is 12.1 Å². The van der Waals surface area contributed by atoms with Crippen molar-refractivity contribution in [3.05, 3.63) is 84.9 Å². The van der Waals surface area contributed by atoms with Crippen molar-refractivity contribution in [1.82, 2.24) is 4.90 Å². The summed E-state index contributed by atoms with van der Waals surface area (Å²) in [5, 5.41) is 10.6. The van der Waals surface area contributed by atoms with E-state index in [0.29, 0.717) is 23.7 Å². The number of anilines is 2. The third kappa shape index (κ3) is 4.56. The summed E-state index contributed by atoms with van der Waals surface area (Å²) in [5.41, 5.74) is 1.39. The number of benzene rings is 2. The van der Waals surface area contributed by atoms with Crippen LogP contribution in [0.25, 0.3) is 0 Å². The van der Waals surface area contributed by atoms with Crippen LogP contribution in [0, 0.1) is 11.8 Å². The fraction of sp³-hybridized carbons (Fsp3) is 0.387. The number of aliphatic hydroxyl groups is 1. The van der Waals surface area contributed by atoms with Crippen molar-refractivity contribution in [2.45, 2.75) is 41.8 Å². The molecule has 2 unspecified atom stereocenters. The second-order valence-electron chi connectivity index (χ2n) is 10.6. The Kier molecular flexibility index (Phi) is 8.13. The molecule has 3 saturated heterocycles. The van der Waals surface area contributed by atoms with Crippen molar-refractivity contribution in [2.75, 3.05) is 29.5 Å². The van der Waals surface area contributed by atoms with E-state index in [9.17, 15) is 19.5 Å². The van der Waals surface area contributed by atoms with Crippen molar-refractivity contribution < 1.29 is 19.5 Å². The Morgan fingerprint density at radius 1 is 1.07 bits per heavy atom. The van der Waals surface area contributed by atoms with Gasteiger partial charge in [0.25, 0.3) is 5.91 Å². The number of carbonyl (C=O) groups excluding carboxylic acids is 3. The number of nitrogens with zero attached hydrogens (tertiary/aromatic N) is 3. The van der Waals surface area contributed by atoms with Gasteiger partial charge in [0.1, 0.15) is 6.04 Å². The molecule has 1 N–H and O–H groups in total. The van der Waals surface area contributed by atoms with Crippen molar-refractivity contribution >= 4 is 52.5 Å². The first-order chi connectivity index (χ1) is 19.3. The molecule has 0 aromatic heterocycles. The van der Waals surface area contributed by atoms with Gasteiger partial charge in [0.15, 0.2) is 0 Å². The molecule has 6 atom stereocenters. The minimum Gasteiger partial charge on any atom is -0.394 e. The lowest BCUT2D eigenvalue weighted by atomic mass is 9.70. The molecule has 1 spiro atoms. The van der Waals surface area contributed by atoms with Crippen molar-refractivity contribution in [1.29, 1.82) is 0 Å². The van der Waals surface area contributed by atoms with E-state index >= 15 is 0 Å². The summed E-state index contributed by atoms with van der Waals surface area (Å²) in [6.45, 7) is 9.70. The molecule has 2 aromatic rings. The molecular formula is C31H34ClN3O4S. The molecule has 3 aliphatic rings. The molecule has 7 nitrogen and oxygen atoms in total. The number of carbonyl (C=O) groups is 3. The standard InChI is InChI=1S/C31H34ClN3O4S/c1-4-17-33(22-9-7-6-8-10-22)28(37)25-24-15-16-31(40-24)26(25)29(38)35(20(3)19-36)27(31)30(39)34(18-5-2)23-13-11-21(32)12-14-23/h4-14,20,24-27,36H,1-2,15-19H2,3H3/t20-,24-,25+,26+,27?,31?/m1/s1. The van der Waals surface area contributed by atoms with Gasteiger partial charge in [0, 0.05) is 34.7 Å². The average molecular weight is 580 g/mol. The third-order valence-corrected chi connectivity index (χ3v) is 10.6. The number of fused-ring (bicyclic) bond motifs is 1. The zero-order valence-electron chi connectivity index (χ0n) is 22.5. The second-order valence-corrected chi connectivity index (χ2v) is 12.7. The lowest BCUT2D eigenvalue weighted by Gasteiger charge is -2.39. The van der Waals surface area contributed by atoms with Gasteiger partial charge in [-0.1, -0.05) is 42.0 Å². The fourth-order valence-electron chi connectivity index (χ4n) is 6.67. The highest BCUT2D eigenvalue weighted by molar-refractivity contribution is 8.02. The number of thioether (sulfide) groups is 1. The lowest BCUT2D eigenvalue weighted by molar-refractivity contribution is -0.141. The molecule has 0 radical (unpaired) electrons. The molecule has 5 rings (SSSR count). The SMILES string of the molecule is C=CCN(C(=O)C1N([C@H](C)CO)C(=O)[C@@H]2[C@@H](C(=O)N(CC=C)c3ccccc3)[C@H]3CCC12S3)c1ccc(Cl)cc1. The van der Waals surface area contributed by atoms with Gasteiger partial charge in [-0.2, -0.15) is 0 Å². The topological polar surface area (TPSA) is 81.2 Å². The summed E-state index contributed by atoms with van der Waals surface area (Å²) in [7, 11) is 0. The highest BCUT2D eigenvalue weighted by Crippen LogP contribution is 2.67. The normalized spacial score (nSPS) is 27.3. The molecule has 3 fully saturated rings. The summed E-state index contributed by atoms with van der Waals surface area (Å²) in [5.74, 6) is -1.87. The molecule has 40 heavy (non-hydrogen) atoms. The first-order valence-electron chi connectivity index (χ1n) is 13.5. The van der Waals surface area contributed by atoms with Gasteiger partial charge in [-0.3, -0.25) is 14.4 Å². The molecular weight excluding hydrogens is 546 g/mol. The first kappa shape index (κ1) is 28.5. The molecule has 3 amide bonds. The van der Waals surface area contributed by atoms with Gasteiger partial charge in [0.05, 0.1) is 29.2 Å². The van der Waals surface area contributed by atoms with E-state index in [2.05, 4.69) is 13.2 Å². The summed E-state index contributed by atoms with van der Waals surface area (Å²) in [6, 6.07) is 15.0. The first-order valence-corrected chi connectivity index (χ1v) is 14.8. The number of para-hydroxylation sites is 1. The molecule has 210 valence electrons. The molecule has 3 heterocycles. The van der Waals surface area contributed by atoms with E-state index in [-0.39, 0.29) is 36.1 Å². The zero-order valence-corrected chi connectivity index (χ0v) is 24.1. The van der Waals surface area contributed by atoms with Crippen LogP contribution in [-0.2, 0) is 14.4 Å². The van der Waals surface area contributed by atoms with Gasteiger partial charge in [0.2, 0.25) is 11.8 Å². The summed E-state index contributed by atoms with van der Waals surface area (Å²) >= 11 is 7.72. The van der Waals surface area contributed by atoms with E-state index in [1.165, 1.54) is 0 Å². The maximum Gasteiger partial charge on any atom is 0.251 e. The number of rotatable bonds is 10. The molecule has 0 aliphatic carbocycles. The quantitative estimate of drug-likeness (QED) is 0.418. The maximum absolute atomic E-state index is 14.5. The molecule has 0 saturated carbocycles. The van der Waals surface area contributed by atoms with Gasteiger partial charge >= 0.3 is 0 Å². The zero-order chi connectivity index (χ0) is 28.6. The smallest absolute Gasteiger partial charge is 0.251 e. The highest BCUT2D eigenvalue weighted by atomic mass is 35.5. The summed E-state index contributed by atoms with van der Waals surface area (Å²) in [6.07, 6.45) is 4.71. The average Bonchev–Trinajstić information content (AvgIpc) is 3.62. The van der Waals surface area contributed by atoms with Gasteiger partial charge < -0.3 is 19.8 Å². The van der Waals surface area contributed by atoms with Crippen LogP contribution in [0.15, 0.2) is 79.9 Å². The van der Waals surface area contributed by atoms with Crippen LogP contribution in [0.3, 0.4) is 0 Å². The van der Waals surface area contributed by atoms with Crippen molar-refractivity contribution in [2.24, 2.45) is 11.8 Å². The Morgan fingerprint density at radius 3 is 2.27 bits per heavy atom. The number of aliphatic hydroxyl groups excluding tert-OH is 1. The second kappa shape index (κ2) is 11.4. The van der Waals surface area contributed by atoms with E-state index in [1.54, 1.807) is 69.8 Å². The minimum atomic E-state index is -0.833. The fourth-order valence-corrected chi connectivity index (χ4v) is 8.99. The minimum absolute atomic E-state index is 0.0808. The largest absolute Gasteiger partial charge is 0.394 e. The number of amides is 3. The molecule has 2 bridgehead atoms. The Balaban J connectivity index is 1.57. The predicted octanol–water partition coefficient (Wildman–Crippen LogP) is 4.55. The number of likely N-dealkylation sites (tertiary alicyclic amines) is 1. The van der Waals surface area contributed by atoms with Crippen molar-refractivity contribution in [3.8, 4) is 0 Å². The Morgan fingerprint density at radius 2 is 1.68 bits per heavy atom. The Hall–Kier alpha value is -3.07. The van der Waals surface area contributed by atoms with Crippen LogP contribution in [0.5, 0.6) is 0 Å². The predicted molar refractivity (Wildman–Crippen MR) is 160 cm³/mol. The molecule has 3 aliphatic heterocycles. The van der Waals surface area contributed by atoms with E-state index in [4.69, 9.17) is 11.6 Å². The Bertz CT molecular complexity index is 1310. The van der Waals surface area contributed by atoms with Crippen LogP contribution in [0.1, 0.15) is 19.8 Å². The van der Waals surface area contributed by atoms with Crippen LogP contribution in [-0.4, -0.2) is 69.5 Å². The monoisotopic (exact) mass is 579 g/mol. The van der Waals surface area contributed by atoms with Crippen LogP contribution >= 0.6 is 23.4 Å². The molecule has 2 aromatic carbocycles. The van der Waals surface area contributed by atoms with Crippen LogP contribution in [0.4, 0.5) is 11.4 Å². The van der Waals surface area contributed by atoms with E-state index < -0.39 is 28.7 Å². The third-order valence-electron chi connectivity index (χ3n) is 8.36. The van der Waals surface area contributed by atoms with Crippen LogP contribution < -0.4 is 9.80 Å². The molecule has 9 heteroatoms. The van der Waals surface area contributed by atoms with Gasteiger partial charge in [-0.05, 0) is 56.2 Å². The van der Waals surface area contributed by atoms with Crippen molar-refractivity contribution in [3.63, 3.8) is 0 Å². The van der Waals surface area contributed by atoms with Gasteiger partial charge in [-0.15, -0.1) is 24.9 Å². The Labute approximate surface area is 244 Å². The summed E-state index contributed by atoms with van der Waals surface area (Å²) < 4.78 is -0.773. The number of halogens is 1. The van der Waals surface area contributed by atoms with E-state index in [1.807, 2.05) is 30.3 Å². The lowest BCUT2D eigenvalue weighted by Crippen LogP contribution is -2.57. The summed E-state index contributed by atoms with van der Waals surface area (Å²) in [4.78, 5) is 47.9. The number of hydrogen-bond donors (Lipinski definition) is 1. The highest BCUT2D eigenvalue weighted by Gasteiger charge is 2.74. The van der Waals surface area contributed by atoms with Crippen LogP contribution in [0.2, 0.25) is 5.02 Å². The number of hydrogen-bond acceptors (Lipinski definition) is 5. The maximum atomic E-state index is 14.5. The van der Waals surface area contributed by atoms with Gasteiger partial charge in [-0.25, -0.2) is 0 Å².